The fourth-order valence-corrected chi connectivity index (χ4v) is 4.16. The molecule has 2 rings (SSSR count). The van der Waals surface area contributed by atoms with Crippen LogP contribution in [-0.4, -0.2) is 35.1 Å². The van der Waals surface area contributed by atoms with Crippen molar-refractivity contribution in [3.05, 3.63) is 0 Å². The molecule has 1 N–H and O–H groups in total. The molecule has 1 aliphatic carbocycles. The number of rotatable bonds is 5. The summed E-state index contributed by atoms with van der Waals surface area (Å²) in [5.74, 6) is -0.541. The molecule has 1 heterocycles. The Morgan fingerprint density at radius 1 is 1.15 bits per heavy atom. The van der Waals surface area contributed by atoms with Crippen molar-refractivity contribution in [2.45, 2.75) is 83.6 Å². The molecule has 3 heteroatoms. The second kappa shape index (κ2) is 7.44. The van der Waals surface area contributed by atoms with Gasteiger partial charge >= 0.3 is 5.97 Å². The molecule has 1 saturated heterocycles. The first-order valence-corrected chi connectivity index (χ1v) is 8.65. The number of nitrogens with zero attached hydrogens (tertiary/aromatic N) is 1. The normalized spacial score (nSPS) is 27.9. The van der Waals surface area contributed by atoms with Gasteiger partial charge in [0, 0.05) is 12.6 Å². The van der Waals surface area contributed by atoms with Crippen molar-refractivity contribution >= 4 is 5.97 Å². The first-order chi connectivity index (χ1) is 9.68. The van der Waals surface area contributed by atoms with E-state index >= 15 is 0 Å². The van der Waals surface area contributed by atoms with Crippen molar-refractivity contribution in [1.29, 1.82) is 0 Å². The van der Waals surface area contributed by atoms with Gasteiger partial charge in [-0.25, -0.2) is 0 Å². The minimum Gasteiger partial charge on any atom is -0.481 e. The van der Waals surface area contributed by atoms with Gasteiger partial charge in [-0.3, -0.25) is 9.69 Å². The van der Waals surface area contributed by atoms with Gasteiger partial charge in [-0.15, -0.1) is 0 Å². The Bertz CT molecular complexity index is 306. The van der Waals surface area contributed by atoms with Crippen LogP contribution in [0.3, 0.4) is 0 Å². The maximum atomic E-state index is 11.9. The van der Waals surface area contributed by atoms with Crippen molar-refractivity contribution < 1.29 is 9.90 Å². The Morgan fingerprint density at radius 3 is 2.45 bits per heavy atom. The fourth-order valence-electron chi connectivity index (χ4n) is 4.16. The van der Waals surface area contributed by atoms with Crippen molar-refractivity contribution in [3.63, 3.8) is 0 Å². The van der Waals surface area contributed by atoms with E-state index in [1.807, 2.05) is 0 Å². The highest BCUT2D eigenvalue weighted by Gasteiger charge is 2.41. The lowest BCUT2D eigenvalue weighted by Gasteiger charge is -2.41. The highest BCUT2D eigenvalue weighted by atomic mass is 16.4. The molecular formula is C17H31NO2. The number of likely N-dealkylation sites (tertiary alicyclic amines) is 1. The predicted molar refractivity (Wildman–Crippen MR) is 81.9 cm³/mol. The molecule has 116 valence electrons. The number of hydrogen-bond donors (Lipinski definition) is 1. The highest BCUT2D eigenvalue weighted by molar-refractivity contribution is 5.75. The monoisotopic (exact) mass is 281 g/mol. The van der Waals surface area contributed by atoms with Crippen molar-refractivity contribution in [1.82, 2.24) is 4.90 Å². The number of carboxylic acid groups (broad SMARTS) is 1. The van der Waals surface area contributed by atoms with Crippen LogP contribution in [0.15, 0.2) is 0 Å². The number of carboxylic acids is 1. The minimum absolute atomic E-state index is 0.459. The zero-order chi connectivity index (χ0) is 14.4. The van der Waals surface area contributed by atoms with Crippen LogP contribution in [0, 0.1) is 5.41 Å². The second-order valence-electron chi connectivity index (χ2n) is 6.91. The highest BCUT2D eigenvalue weighted by Crippen LogP contribution is 2.38. The zero-order valence-corrected chi connectivity index (χ0v) is 13.1. The molecule has 0 aromatic carbocycles. The SMILES string of the molecule is CCCC1CCCCN1CC1(C(=O)O)CCCCCC1. The number of aliphatic carboxylic acids is 1. The summed E-state index contributed by atoms with van der Waals surface area (Å²) in [5, 5.41) is 9.83. The Kier molecular flexibility index (Phi) is 5.88. The Morgan fingerprint density at radius 2 is 1.85 bits per heavy atom. The van der Waals surface area contributed by atoms with Gasteiger partial charge in [-0.05, 0) is 38.6 Å². The van der Waals surface area contributed by atoms with Crippen molar-refractivity contribution in [2.24, 2.45) is 5.41 Å². The molecule has 0 aromatic rings. The largest absolute Gasteiger partial charge is 0.481 e. The van der Waals surface area contributed by atoms with Gasteiger partial charge in [0.2, 0.25) is 0 Å². The maximum absolute atomic E-state index is 11.9. The van der Waals surface area contributed by atoms with Crippen LogP contribution in [0.1, 0.15) is 77.6 Å². The van der Waals surface area contributed by atoms with E-state index in [2.05, 4.69) is 11.8 Å². The lowest BCUT2D eigenvalue weighted by atomic mass is 9.79. The van der Waals surface area contributed by atoms with Crippen LogP contribution < -0.4 is 0 Å². The fraction of sp³-hybridized carbons (Fsp3) is 0.941. The third kappa shape index (κ3) is 3.75. The molecule has 0 radical (unpaired) electrons. The number of hydrogen-bond acceptors (Lipinski definition) is 2. The van der Waals surface area contributed by atoms with Crippen LogP contribution in [0.2, 0.25) is 0 Å². The summed E-state index contributed by atoms with van der Waals surface area (Å²) < 4.78 is 0. The molecule has 3 nitrogen and oxygen atoms in total. The first-order valence-electron chi connectivity index (χ1n) is 8.65. The Labute approximate surface area is 123 Å². The van der Waals surface area contributed by atoms with E-state index in [9.17, 15) is 9.90 Å². The van der Waals surface area contributed by atoms with E-state index in [0.717, 1.165) is 38.8 Å². The molecular weight excluding hydrogens is 250 g/mol. The summed E-state index contributed by atoms with van der Waals surface area (Å²) in [6, 6.07) is 0.633. The summed E-state index contributed by atoms with van der Waals surface area (Å²) in [6.45, 7) is 4.15. The van der Waals surface area contributed by atoms with Crippen LogP contribution in [0.5, 0.6) is 0 Å². The predicted octanol–water partition coefficient (Wildman–Crippen LogP) is 4.07. The van der Waals surface area contributed by atoms with Gasteiger partial charge in [0.1, 0.15) is 0 Å². The van der Waals surface area contributed by atoms with Gasteiger partial charge in [0.25, 0.3) is 0 Å². The average Bonchev–Trinajstić information content (AvgIpc) is 2.68. The van der Waals surface area contributed by atoms with Gasteiger partial charge in [0.05, 0.1) is 5.41 Å². The molecule has 2 fully saturated rings. The number of carbonyl (C=O) groups is 1. The molecule has 0 amide bonds. The van der Waals surface area contributed by atoms with Crippen LogP contribution >= 0.6 is 0 Å². The molecule has 0 aromatic heterocycles. The van der Waals surface area contributed by atoms with Crippen molar-refractivity contribution in [2.75, 3.05) is 13.1 Å². The van der Waals surface area contributed by atoms with E-state index in [-0.39, 0.29) is 0 Å². The van der Waals surface area contributed by atoms with E-state index < -0.39 is 11.4 Å². The molecule has 1 atom stereocenters. The lowest BCUT2D eigenvalue weighted by Crippen LogP contribution is -2.49. The van der Waals surface area contributed by atoms with Crippen LogP contribution in [-0.2, 0) is 4.79 Å². The number of piperidine rings is 1. The van der Waals surface area contributed by atoms with E-state index in [4.69, 9.17) is 0 Å². The third-order valence-electron chi connectivity index (χ3n) is 5.39. The van der Waals surface area contributed by atoms with E-state index in [1.54, 1.807) is 0 Å². The van der Waals surface area contributed by atoms with Crippen LogP contribution in [0.25, 0.3) is 0 Å². The second-order valence-corrected chi connectivity index (χ2v) is 6.91. The smallest absolute Gasteiger partial charge is 0.310 e. The molecule has 1 aliphatic heterocycles. The summed E-state index contributed by atoms with van der Waals surface area (Å²) in [4.78, 5) is 14.5. The molecule has 2 aliphatic rings. The Hall–Kier alpha value is -0.570. The van der Waals surface area contributed by atoms with Gasteiger partial charge in [-0.2, -0.15) is 0 Å². The summed E-state index contributed by atoms with van der Waals surface area (Å²) in [5.41, 5.74) is -0.459. The summed E-state index contributed by atoms with van der Waals surface area (Å²) in [7, 11) is 0. The molecule has 0 bridgehead atoms. The van der Waals surface area contributed by atoms with Gasteiger partial charge in [-0.1, -0.05) is 45.4 Å². The third-order valence-corrected chi connectivity index (χ3v) is 5.39. The quantitative estimate of drug-likeness (QED) is 0.772. The first kappa shape index (κ1) is 15.8. The minimum atomic E-state index is -0.541. The summed E-state index contributed by atoms with van der Waals surface area (Å²) in [6.07, 6.45) is 12.7. The average molecular weight is 281 g/mol. The maximum Gasteiger partial charge on any atom is 0.310 e. The summed E-state index contributed by atoms with van der Waals surface area (Å²) >= 11 is 0. The lowest BCUT2D eigenvalue weighted by molar-refractivity contribution is -0.152. The Balaban J connectivity index is 2.07. The van der Waals surface area contributed by atoms with E-state index in [1.165, 1.54) is 44.9 Å². The van der Waals surface area contributed by atoms with E-state index in [0.29, 0.717) is 6.04 Å². The topological polar surface area (TPSA) is 40.5 Å². The standard InChI is InChI=1S/C17H31NO2/c1-2-9-15-10-5-8-13-18(15)14-17(16(19)20)11-6-3-4-7-12-17/h15H,2-14H2,1H3,(H,19,20). The zero-order valence-electron chi connectivity index (χ0n) is 13.1. The van der Waals surface area contributed by atoms with Crippen molar-refractivity contribution in [3.8, 4) is 0 Å². The molecule has 1 saturated carbocycles. The molecule has 0 spiro atoms. The molecule has 1 unspecified atom stereocenters. The van der Waals surface area contributed by atoms with Gasteiger partial charge < -0.3 is 5.11 Å². The van der Waals surface area contributed by atoms with Crippen LogP contribution in [0.4, 0.5) is 0 Å². The van der Waals surface area contributed by atoms with Gasteiger partial charge in [0.15, 0.2) is 0 Å². The molecule has 20 heavy (non-hydrogen) atoms.